The van der Waals surface area contributed by atoms with Crippen LogP contribution in [0.2, 0.25) is 5.02 Å². The summed E-state index contributed by atoms with van der Waals surface area (Å²) in [4.78, 5) is 0. The third-order valence-electron chi connectivity index (χ3n) is 2.00. The standard InChI is InChI=1S/C8H5ClF3N3/c1-15-7-3-5(9)4(8(10,11)12)2-6(7)13-14-15/h2-3H,1H3. The molecule has 0 aliphatic heterocycles. The molecule has 0 aliphatic rings. The van der Waals surface area contributed by atoms with Crippen molar-refractivity contribution in [2.75, 3.05) is 0 Å². The molecule has 2 rings (SSSR count). The Morgan fingerprint density at radius 1 is 1.33 bits per heavy atom. The average molecular weight is 236 g/mol. The van der Waals surface area contributed by atoms with E-state index in [4.69, 9.17) is 11.6 Å². The number of aryl methyl sites for hydroxylation is 1. The van der Waals surface area contributed by atoms with E-state index in [9.17, 15) is 13.2 Å². The van der Waals surface area contributed by atoms with Crippen LogP contribution in [-0.2, 0) is 13.2 Å². The lowest BCUT2D eigenvalue weighted by Gasteiger charge is -2.08. The van der Waals surface area contributed by atoms with E-state index in [0.717, 1.165) is 6.07 Å². The first-order valence-corrected chi connectivity index (χ1v) is 4.33. The zero-order valence-corrected chi connectivity index (χ0v) is 8.26. The third kappa shape index (κ3) is 1.65. The highest BCUT2D eigenvalue weighted by Crippen LogP contribution is 2.36. The second-order valence-electron chi connectivity index (χ2n) is 3.03. The first-order chi connectivity index (χ1) is 6.89. The highest BCUT2D eigenvalue weighted by atomic mass is 35.5. The van der Waals surface area contributed by atoms with Crippen LogP contribution in [0, 0.1) is 0 Å². The molecule has 0 saturated carbocycles. The summed E-state index contributed by atoms with van der Waals surface area (Å²) in [6, 6.07) is 2.10. The molecule has 0 unspecified atom stereocenters. The van der Waals surface area contributed by atoms with Gasteiger partial charge in [0, 0.05) is 7.05 Å². The molecule has 0 fully saturated rings. The second-order valence-corrected chi connectivity index (χ2v) is 3.44. The number of fused-ring (bicyclic) bond motifs is 1. The van der Waals surface area contributed by atoms with E-state index < -0.39 is 11.7 Å². The van der Waals surface area contributed by atoms with E-state index in [1.165, 1.54) is 10.7 Å². The van der Waals surface area contributed by atoms with Crippen molar-refractivity contribution in [2.45, 2.75) is 6.18 Å². The topological polar surface area (TPSA) is 30.7 Å². The fraction of sp³-hybridized carbons (Fsp3) is 0.250. The van der Waals surface area contributed by atoms with Crippen LogP contribution >= 0.6 is 11.6 Å². The molecule has 0 saturated heterocycles. The Kier molecular flexibility index (Phi) is 2.11. The molecule has 3 nitrogen and oxygen atoms in total. The number of benzene rings is 1. The summed E-state index contributed by atoms with van der Waals surface area (Å²) in [5.74, 6) is 0. The van der Waals surface area contributed by atoms with Gasteiger partial charge >= 0.3 is 6.18 Å². The highest BCUT2D eigenvalue weighted by molar-refractivity contribution is 6.32. The number of aromatic nitrogens is 3. The molecule has 0 amide bonds. The van der Waals surface area contributed by atoms with Crippen molar-refractivity contribution in [2.24, 2.45) is 7.05 Å². The maximum absolute atomic E-state index is 12.4. The Balaban J connectivity index is 2.74. The quantitative estimate of drug-likeness (QED) is 0.703. The monoisotopic (exact) mass is 235 g/mol. The maximum Gasteiger partial charge on any atom is 0.417 e. The molecular weight excluding hydrogens is 231 g/mol. The smallest absolute Gasteiger partial charge is 0.248 e. The Bertz CT molecular complexity index is 518. The zero-order chi connectivity index (χ0) is 11.2. The molecule has 0 spiro atoms. The van der Waals surface area contributed by atoms with Crippen molar-refractivity contribution in [3.63, 3.8) is 0 Å². The molecular formula is C8H5ClF3N3. The van der Waals surface area contributed by atoms with Crippen LogP contribution in [-0.4, -0.2) is 15.0 Å². The summed E-state index contributed by atoms with van der Waals surface area (Å²) >= 11 is 5.53. The average Bonchev–Trinajstić information content (AvgIpc) is 2.45. The number of hydrogen-bond acceptors (Lipinski definition) is 2. The predicted octanol–water partition coefficient (Wildman–Crippen LogP) is 2.64. The summed E-state index contributed by atoms with van der Waals surface area (Å²) < 4.78 is 38.7. The number of halogens is 4. The van der Waals surface area contributed by atoms with Crippen molar-refractivity contribution in [3.8, 4) is 0 Å². The molecule has 1 heterocycles. The van der Waals surface area contributed by atoms with Gasteiger partial charge in [0.2, 0.25) is 0 Å². The van der Waals surface area contributed by atoms with Gasteiger partial charge in [-0.2, -0.15) is 13.2 Å². The van der Waals surface area contributed by atoms with Crippen LogP contribution in [0.5, 0.6) is 0 Å². The molecule has 0 N–H and O–H groups in total. The fourth-order valence-electron chi connectivity index (χ4n) is 1.27. The van der Waals surface area contributed by atoms with Crippen LogP contribution < -0.4 is 0 Å². The molecule has 0 aliphatic carbocycles. The van der Waals surface area contributed by atoms with E-state index in [1.807, 2.05) is 0 Å². The number of alkyl halides is 3. The van der Waals surface area contributed by atoms with E-state index >= 15 is 0 Å². The Labute approximate surface area is 87.4 Å². The van der Waals surface area contributed by atoms with Crippen LogP contribution in [0.4, 0.5) is 13.2 Å². The maximum atomic E-state index is 12.4. The van der Waals surface area contributed by atoms with Crippen molar-refractivity contribution >= 4 is 22.6 Å². The molecule has 0 bridgehead atoms. The largest absolute Gasteiger partial charge is 0.417 e. The van der Waals surface area contributed by atoms with Gasteiger partial charge in [-0.15, -0.1) is 5.10 Å². The van der Waals surface area contributed by atoms with Gasteiger partial charge < -0.3 is 0 Å². The summed E-state index contributed by atoms with van der Waals surface area (Å²) in [7, 11) is 1.58. The van der Waals surface area contributed by atoms with Crippen LogP contribution in [0.3, 0.4) is 0 Å². The van der Waals surface area contributed by atoms with Gasteiger partial charge in [-0.1, -0.05) is 16.8 Å². The molecule has 15 heavy (non-hydrogen) atoms. The van der Waals surface area contributed by atoms with Gasteiger partial charge in [0.1, 0.15) is 5.52 Å². The lowest BCUT2D eigenvalue weighted by molar-refractivity contribution is -0.137. The Morgan fingerprint density at radius 3 is 2.60 bits per heavy atom. The van der Waals surface area contributed by atoms with Gasteiger partial charge in [0.15, 0.2) is 0 Å². The molecule has 7 heteroatoms. The fourth-order valence-corrected chi connectivity index (χ4v) is 1.54. The summed E-state index contributed by atoms with van der Waals surface area (Å²) in [5.41, 5.74) is -0.251. The van der Waals surface area contributed by atoms with E-state index in [-0.39, 0.29) is 10.5 Å². The van der Waals surface area contributed by atoms with Crippen LogP contribution in [0.15, 0.2) is 12.1 Å². The lowest BCUT2D eigenvalue weighted by Crippen LogP contribution is -2.05. The molecule has 0 radical (unpaired) electrons. The first-order valence-electron chi connectivity index (χ1n) is 3.96. The molecule has 80 valence electrons. The predicted molar refractivity (Wildman–Crippen MR) is 48.5 cm³/mol. The van der Waals surface area contributed by atoms with E-state index in [1.54, 1.807) is 7.05 Å². The summed E-state index contributed by atoms with van der Waals surface area (Å²) in [6.45, 7) is 0. The van der Waals surface area contributed by atoms with Gasteiger partial charge in [-0.05, 0) is 12.1 Å². The summed E-state index contributed by atoms with van der Waals surface area (Å²) in [6.07, 6.45) is -4.47. The molecule has 0 atom stereocenters. The number of hydrogen-bond donors (Lipinski definition) is 0. The minimum atomic E-state index is -4.47. The van der Waals surface area contributed by atoms with Crippen LogP contribution in [0.1, 0.15) is 5.56 Å². The van der Waals surface area contributed by atoms with Gasteiger partial charge in [-0.25, -0.2) is 4.68 Å². The third-order valence-corrected chi connectivity index (χ3v) is 2.32. The first kappa shape index (κ1) is 10.2. The Morgan fingerprint density at radius 2 is 2.00 bits per heavy atom. The zero-order valence-electron chi connectivity index (χ0n) is 7.51. The lowest BCUT2D eigenvalue weighted by atomic mass is 10.2. The van der Waals surface area contributed by atoms with E-state index in [0.29, 0.717) is 5.52 Å². The minimum Gasteiger partial charge on any atom is -0.248 e. The Hall–Kier alpha value is -1.30. The van der Waals surface area contributed by atoms with Gasteiger partial charge in [0.25, 0.3) is 0 Å². The van der Waals surface area contributed by atoms with Crippen molar-refractivity contribution in [1.29, 1.82) is 0 Å². The van der Waals surface area contributed by atoms with Crippen molar-refractivity contribution in [3.05, 3.63) is 22.7 Å². The number of rotatable bonds is 0. The van der Waals surface area contributed by atoms with E-state index in [2.05, 4.69) is 10.3 Å². The van der Waals surface area contributed by atoms with Gasteiger partial charge in [0.05, 0.1) is 16.1 Å². The normalized spacial score (nSPS) is 12.3. The molecule has 1 aromatic heterocycles. The molecule has 1 aromatic carbocycles. The number of nitrogens with zero attached hydrogens (tertiary/aromatic N) is 3. The van der Waals surface area contributed by atoms with Gasteiger partial charge in [-0.3, -0.25) is 0 Å². The van der Waals surface area contributed by atoms with Crippen molar-refractivity contribution < 1.29 is 13.2 Å². The SMILES string of the molecule is Cn1nnc2cc(C(F)(F)F)c(Cl)cc21. The molecule has 2 aromatic rings. The summed E-state index contributed by atoms with van der Waals surface area (Å²) in [5, 5.41) is 6.84. The minimum absolute atomic E-state index is 0.175. The highest BCUT2D eigenvalue weighted by Gasteiger charge is 2.33. The van der Waals surface area contributed by atoms with Crippen LogP contribution in [0.25, 0.3) is 11.0 Å². The second kappa shape index (κ2) is 3.10. The van der Waals surface area contributed by atoms with Crippen molar-refractivity contribution in [1.82, 2.24) is 15.0 Å².